The van der Waals surface area contributed by atoms with E-state index >= 15 is 0 Å². The molecule has 7 heteroatoms. The number of rotatable bonds is 5. The number of hydrogen-bond donors (Lipinski definition) is 1. The third-order valence-corrected chi connectivity index (χ3v) is 6.69. The first-order chi connectivity index (χ1) is 15.4. The van der Waals surface area contributed by atoms with Gasteiger partial charge in [0, 0.05) is 56.2 Å². The molecule has 4 rings (SSSR count). The van der Waals surface area contributed by atoms with Crippen LogP contribution < -0.4 is 10.2 Å². The van der Waals surface area contributed by atoms with Gasteiger partial charge in [-0.25, -0.2) is 0 Å². The summed E-state index contributed by atoms with van der Waals surface area (Å²) in [6.45, 7) is 6.45. The Kier molecular flexibility index (Phi) is 6.53. The molecule has 7 nitrogen and oxygen atoms in total. The number of amides is 3. The van der Waals surface area contributed by atoms with Crippen molar-refractivity contribution < 1.29 is 14.4 Å². The molecule has 0 radical (unpaired) electrons. The van der Waals surface area contributed by atoms with Crippen molar-refractivity contribution in [2.24, 2.45) is 11.8 Å². The zero-order valence-electron chi connectivity index (χ0n) is 18.7. The van der Waals surface area contributed by atoms with Gasteiger partial charge in [0.15, 0.2) is 0 Å². The van der Waals surface area contributed by atoms with Crippen molar-refractivity contribution in [3.05, 3.63) is 59.4 Å². The third-order valence-electron chi connectivity index (χ3n) is 6.69. The number of benzene rings is 1. The number of aromatic nitrogens is 1. The monoisotopic (exact) mass is 434 g/mol. The van der Waals surface area contributed by atoms with Crippen LogP contribution in [0.3, 0.4) is 0 Å². The fraction of sp³-hybridized carbons (Fsp3) is 0.440. The number of likely N-dealkylation sites (tertiary alicyclic amines) is 1. The normalized spacial score (nSPS) is 19.3. The first kappa shape index (κ1) is 22.0. The van der Waals surface area contributed by atoms with Crippen LogP contribution in [0.5, 0.6) is 0 Å². The van der Waals surface area contributed by atoms with E-state index in [1.54, 1.807) is 29.4 Å². The van der Waals surface area contributed by atoms with Crippen molar-refractivity contribution in [1.82, 2.24) is 15.2 Å². The second kappa shape index (κ2) is 9.51. The van der Waals surface area contributed by atoms with Gasteiger partial charge in [-0.05, 0) is 68.0 Å². The van der Waals surface area contributed by atoms with Crippen LogP contribution in [0.15, 0.2) is 42.7 Å². The minimum absolute atomic E-state index is 0.00339. The molecule has 1 atom stereocenters. The lowest BCUT2D eigenvalue weighted by atomic mass is 9.96. The molecular weight excluding hydrogens is 404 g/mol. The zero-order chi connectivity index (χ0) is 22.7. The van der Waals surface area contributed by atoms with Crippen LogP contribution >= 0.6 is 0 Å². The number of nitrogens with zero attached hydrogens (tertiary/aromatic N) is 3. The van der Waals surface area contributed by atoms with E-state index in [0.717, 1.165) is 24.1 Å². The van der Waals surface area contributed by atoms with Gasteiger partial charge in [-0.3, -0.25) is 19.4 Å². The maximum atomic E-state index is 12.7. The molecule has 3 amide bonds. The first-order valence-electron chi connectivity index (χ1n) is 11.3. The number of nitrogens with one attached hydrogen (secondary N) is 1. The van der Waals surface area contributed by atoms with Crippen LogP contribution in [0.4, 0.5) is 5.69 Å². The highest BCUT2D eigenvalue weighted by Crippen LogP contribution is 2.27. The average molecular weight is 435 g/mol. The molecule has 3 heterocycles. The Morgan fingerprint density at radius 1 is 1.06 bits per heavy atom. The quantitative estimate of drug-likeness (QED) is 0.785. The molecule has 168 valence electrons. The number of anilines is 1. The summed E-state index contributed by atoms with van der Waals surface area (Å²) >= 11 is 0. The van der Waals surface area contributed by atoms with E-state index in [0.29, 0.717) is 37.7 Å². The number of pyridine rings is 1. The summed E-state index contributed by atoms with van der Waals surface area (Å²) in [5, 5.41) is 3.05. The molecule has 32 heavy (non-hydrogen) atoms. The molecule has 0 bridgehead atoms. The lowest BCUT2D eigenvalue weighted by Gasteiger charge is -2.32. The highest BCUT2D eigenvalue weighted by atomic mass is 16.2. The Bertz CT molecular complexity index is 1000. The van der Waals surface area contributed by atoms with Crippen LogP contribution in [-0.2, 0) is 9.59 Å². The van der Waals surface area contributed by atoms with Gasteiger partial charge in [-0.1, -0.05) is 6.07 Å². The van der Waals surface area contributed by atoms with E-state index in [1.807, 2.05) is 36.9 Å². The number of carbonyl (C=O) groups excluding carboxylic acids is 3. The van der Waals surface area contributed by atoms with Crippen molar-refractivity contribution >= 4 is 23.4 Å². The molecule has 1 unspecified atom stereocenters. The summed E-state index contributed by atoms with van der Waals surface area (Å²) in [6.07, 6.45) is 5.22. The summed E-state index contributed by atoms with van der Waals surface area (Å²) in [5.41, 5.74) is 3.84. The lowest BCUT2D eigenvalue weighted by molar-refractivity contribution is -0.126. The number of aryl methyl sites for hydroxylation is 2. The summed E-state index contributed by atoms with van der Waals surface area (Å²) in [4.78, 5) is 45.3. The van der Waals surface area contributed by atoms with E-state index in [4.69, 9.17) is 0 Å². The van der Waals surface area contributed by atoms with Crippen molar-refractivity contribution in [2.75, 3.05) is 31.1 Å². The van der Waals surface area contributed by atoms with Gasteiger partial charge in [0.2, 0.25) is 11.8 Å². The van der Waals surface area contributed by atoms with E-state index in [9.17, 15) is 14.4 Å². The molecule has 2 aliphatic heterocycles. The molecule has 2 aliphatic rings. The number of hydrogen-bond acceptors (Lipinski definition) is 4. The van der Waals surface area contributed by atoms with E-state index in [2.05, 4.69) is 10.3 Å². The van der Waals surface area contributed by atoms with Crippen LogP contribution in [0.25, 0.3) is 0 Å². The van der Waals surface area contributed by atoms with E-state index in [1.165, 1.54) is 5.56 Å². The summed E-state index contributed by atoms with van der Waals surface area (Å²) in [7, 11) is 0. The molecule has 1 N–H and O–H groups in total. The van der Waals surface area contributed by atoms with Crippen molar-refractivity contribution in [3.63, 3.8) is 0 Å². The summed E-state index contributed by atoms with van der Waals surface area (Å²) in [5.74, 6) is -0.00652. The van der Waals surface area contributed by atoms with Crippen LogP contribution in [-0.4, -0.2) is 53.8 Å². The van der Waals surface area contributed by atoms with Gasteiger partial charge in [0.25, 0.3) is 5.91 Å². The Hall–Kier alpha value is -3.22. The Morgan fingerprint density at radius 2 is 1.78 bits per heavy atom. The maximum Gasteiger partial charge on any atom is 0.253 e. The third kappa shape index (κ3) is 4.82. The van der Waals surface area contributed by atoms with Crippen LogP contribution in [0, 0.1) is 25.7 Å². The second-order valence-corrected chi connectivity index (χ2v) is 8.89. The fourth-order valence-corrected chi connectivity index (χ4v) is 4.43. The molecule has 0 saturated carbocycles. The van der Waals surface area contributed by atoms with Crippen LogP contribution in [0.2, 0.25) is 0 Å². The molecule has 1 aromatic heterocycles. The van der Waals surface area contributed by atoms with Gasteiger partial charge >= 0.3 is 0 Å². The van der Waals surface area contributed by atoms with Crippen molar-refractivity contribution in [1.29, 1.82) is 0 Å². The fourth-order valence-electron chi connectivity index (χ4n) is 4.43. The minimum Gasteiger partial charge on any atom is -0.356 e. The molecule has 2 aromatic rings. The topological polar surface area (TPSA) is 82.6 Å². The van der Waals surface area contributed by atoms with Gasteiger partial charge in [0.05, 0.1) is 5.92 Å². The Labute approximate surface area is 188 Å². The van der Waals surface area contributed by atoms with Gasteiger partial charge in [-0.15, -0.1) is 0 Å². The van der Waals surface area contributed by atoms with Gasteiger partial charge in [0.1, 0.15) is 0 Å². The maximum absolute atomic E-state index is 12.7. The highest BCUT2D eigenvalue weighted by molar-refractivity contribution is 6.00. The number of carbonyl (C=O) groups is 3. The summed E-state index contributed by atoms with van der Waals surface area (Å²) < 4.78 is 0. The highest BCUT2D eigenvalue weighted by Gasteiger charge is 2.35. The van der Waals surface area contributed by atoms with E-state index in [-0.39, 0.29) is 30.1 Å². The average Bonchev–Trinajstić information content (AvgIpc) is 3.21. The van der Waals surface area contributed by atoms with Crippen molar-refractivity contribution in [3.8, 4) is 0 Å². The zero-order valence-corrected chi connectivity index (χ0v) is 18.7. The molecule has 0 aliphatic carbocycles. The first-order valence-corrected chi connectivity index (χ1v) is 11.3. The lowest BCUT2D eigenvalue weighted by Crippen LogP contribution is -2.42. The largest absolute Gasteiger partial charge is 0.356 e. The van der Waals surface area contributed by atoms with Crippen molar-refractivity contribution in [2.45, 2.75) is 33.1 Å². The molecular formula is C25H30N4O3. The standard InChI is InChI=1S/C25H30N4O3/c1-17-3-4-22(13-18(17)2)29-16-21(14-23(29)30)24(31)27-15-19-7-11-28(12-8-19)25(32)20-5-9-26-10-6-20/h3-6,9-10,13,19,21H,7-8,11-12,14-16H2,1-2H3,(H,27,31). The van der Waals surface area contributed by atoms with E-state index < -0.39 is 0 Å². The Balaban J connectivity index is 1.24. The smallest absolute Gasteiger partial charge is 0.253 e. The summed E-state index contributed by atoms with van der Waals surface area (Å²) in [6, 6.07) is 9.44. The molecule has 2 saturated heterocycles. The van der Waals surface area contributed by atoms with Gasteiger partial charge < -0.3 is 15.1 Å². The van der Waals surface area contributed by atoms with Crippen LogP contribution in [0.1, 0.15) is 40.7 Å². The SMILES string of the molecule is Cc1ccc(N2CC(C(=O)NCC3CCN(C(=O)c4ccncc4)CC3)CC2=O)cc1C. The second-order valence-electron chi connectivity index (χ2n) is 8.89. The van der Waals surface area contributed by atoms with Gasteiger partial charge in [-0.2, -0.15) is 0 Å². The molecule has 0 spiro atoms. The Morgan fingerprint density at radius 3 is 2.47 bits per heavy atom. The molecule has 1 aromatic carbocycles. The minimum atomic E-state index is -0.322. The predicted molar refractivity (Wildman–Crippen MR) is 122 cm³/mol. The number of piperidine rings is 1. The predicted octanol–water partition coefficient (Wildman–Crippen LogP) is 2.72. The molecule has 2 fully saturated rings.